The number of hydrogen-bond donors (Lipinski definition) is 1. The van der Waals surface area contributed by atoms with Crippen molar-refractivity contribution in [3.05, 3.63) is 82.7 Å². The number of benzene rings is 2. The number of carbonyl (C=O) groups excluding carboxylic acids is 1. The Balaban J connectivity index is 1.56. The molecule has 0 unspecified atom stereocenters. The van der Waals surface area contributed by atoms with Crippen molar-refractivity contribution in [3.8, 4) is 11.3 Å². The van der Waals surface area contributed by atoms with Gasteiger partial charge in [-0.05, 0) is 36.4 Å². The highest BCUT2D eigenvalue weighted by Gasteiger charge is 2.10. The van der Waals surface area contributed by atoms with Crippen molar-refractivity contribution in [2.45, 2.75) is 0 Å². The van der Waals surface area contributed by atoms with Crippen LogP contribution in [0.1, 0.15) is 10.4 Å². The summed E-state index contributed by atoms with van der Waals surface area (Å²) in [5, 5.41) is 25.6. The number of nitro benzene ring substituents is 1. The highest BCUT2D eigenvalue weighted by Crippen LogP contribution is 2.22. The van der Waals surface area contributed by atoms with Gasteiger partial charge in [0, 0.05) is 28.9 Å². The Kier molecular flexibility index (Phi) is 4.01. The number of fused-ring (bicyclic) bond motifs is 1. The quantitative estimate of drug-likeness (QED) is 0.442. The smallest absolute Gasteiger partial charge is 0.269 e. The van der Waals surface area contributed by atoms with Crippen LogP contribution in [0, 0.1) is 10.1 Å². The average molecular weight is 360 g/mol. The molecule has 1 N–H and O–H groups in total. The van der Waals surface area contributed by atoms with Gasteiger partial charge in [-0.15, -0.1) is 10.2 Å². The molecule has 132 valence electrons. The topological polar surface area (TPSA) is 115 Å². The van der Waals surface area contributed by atoms with Crippen molar-refractivity contribution in [2.24, 2.45) is 0 Å². The fraction of sp³-hybridized carbons (Fsp3) is 0. The molecule has 0 bridgehead atoms. The number of hydrogen-bond acceptors (Lipinski definition) is 6. The predicted molar refractivity (Wildman–Crippen MR) is 97.3 cm³/mol. The maximum absolute atomic E-state index is 12.4. The summed E-state index contributed by atoms with van der Waals surface area (Å²) in [4.78, 5) is 22.6. The number of carbonyl (C=O) groups is 1. The van der Waals surface area contributed by atoms with Gasteiger partial charge in [-0.2, -0.15) is 9.61 Å². The van der Waals surface area contributed by atoms with Gasteiger partial charge in [-0.3, -0.25) is 14.9 Å². The van der Waals surface area contributed by atoms with Crippen LogP contribution in [0.15, 0.2) is 67.0 Å². The lowest BCUT2D eigenvalue weighted by molar-refractivity contribution is -0.384. The van der Waals surface area contributed by atoms with Gasteiger partial charge in [0.25, 0.3) is 11.6 Å². The molecule has 0 saturated carbocycles. The fourth-order valence-corrected chi connectivity index (χ4v) is 2.58. The molecule has 9 heteroatoms. The molecule has 0 saturated heterocycles. The summed E-state index contributed by atoms with van der Waals surface area (Å²) >= 11 is 0. The van der Waals surface area contributed by atoms with E-state index in [1.807, 2.05) is 12.1 Å². The molecule has 4 aromatic rings. The summed E-state index contributed by atoms with van der Waals surface area (Å²) in [5.74, 6) is -0.357. The van der Waals surface area contributed by atoms with Crippen molar-refractivity contribution in [2.75, 3.05) is 5.32 Å². The maximum atomic E-state index is 12.4. The number of amides is 1. The predicted octanol–water partition coefficient (Wildman–Crippen LogP) is 2.95. The number of non-ortho nitro benzene ring substituents is 1. The van der Waals surface area contributed by atoms with Crippen LogP contribution in [0.5, 0.6) is 0 Å². The standard InChI is InChI=1S/C18H12N6O3/c25-18(12-4-6-15(7-5-12)24(26)27)20-14-3-1-2-13(10-14)16-8-9-17-21-19-11-23(17)22-16/h1-11H,(H,20,25). The van der Waals surface area contributed by atoms with Crippen molar-refractivity contribution in [3.63, 3.8) is 0 Å². The third-order valence-corrected chi connectivity index (χ3v) is 3.92. The maximum Gasteiger partial charge on any atom is 0.269 e. The molecule has 27 heavy (non-hydrogen) atoms. The van der Waals surface area contributed by atoms with Crippen LogP contribution in [0.25, 0.3) is 16.9 Å². The Morgan fingerprint density at radius 3 is 2.67 bits per heavy atom. The summed E-state index contributed by atoms with van der Waals surface area (Å²) < 4.78 is 1.57. The van der Waals surface area contributed by atoms with Gasteiger partial charge in [0.15, 0.2) is 5.65 Å². The van der Waals surface area contributed by atoms with Crippen molar-refractivity contribution in [1.82, 2.24) is 19.8 Å². The molecular formula is C18H12N6O3. The fourth-order valence-electron chi connectivity index (χ4n) is 2.58. The number of nitrogens with one attached hydrogen (secondary N) is 1. The molecule has 0 aliphatic rings. The summed E-state index contributed by atoms with van der Waals surface area (Å²) in [6.45, 7) is 0. The first-order valence-corrected chi connectivity index (χ1v) is 7.93. The van der Waals surface area contributed by atoms with Gasteiger partial charge in [0.05, 0.1) is 10.6 Å². The molecule has 1 amide bonds. The van der Waals surface area contributed by atoms with Gasteiger partial charge >= 0.3 is 0 Å². The van der Waals surface area contributed by atoms with Gasteiger partial charge in [0.1, 0.15) is 6.33 Å². The number of nitro groups is 1. The normalized spacial score (nSPS) is 10.7. The molecule has 0 aliphatic heterocycles. The number of anilines is 1. The third kappa shape index (κ3) is 3.33. The number of aromatic nitrogens is 4. The number of nitrogens with zero attached hydrogens (tertiary/aromatic N) is 5. The molecule has 0 spiro atoms. The molecule has 0 atom stereocenters. The van der Waals surface area contributed by atoms with Crippen molar-refractivity contribution >= 4 is 22.9 Å². The van der Waals surface area contributed by atoms with E-state index >= 15 is 0 Å². The summed E-state index contributed by atoms with van der Waals surface area (Å²) in [5.41, 5.74) is 3.00. The minimum Gasteiger partial charge on any atom is -0.322 e. The van der Waals surface area contributed by atoms with E-state index < -0.39 is 4.92 Å². The van der Waals surface area contributed by atoms with Crippen LogP contribution >= 0.6 is 0 Å². The molecule has 9 nitrogen and oxygen atoms in total. The lowest BCUT2D eigenvalue weighted by atomic mass is 10.1. The van der Waals surface area contributed by atoms with Crippen LogP contribution in [-0.2, 0) is 0 Å². The van der Waals surface area contributed by atoms with Crippen LogP contribution in [0.2, 0.25) is 0 Å². The molecule has 0 fully saturated rings. The highest BCUT2D eigenvalue weighted by molar-refractivity contribution is 6.04. The largest absolute Gasteiger partial charge is 0.322 e. The van der Waals surface area contributed by atoms with Crippen molar-refractivity contribution in [1.29, 1.82) is 0 Å². The monoisotopic (exact) mass is 360 g/mol. The Morgan fingerprint density at radius 1 is 1.07 bits per heavy atom. The molecule has 4 rings (SSSR count). The second-order valence-electron chi connectivity index (χ2n) is 5.69. The zero-order valence-electron chi connectivity index (χ0n) is 13.8. The van der Waals surface area contributed by atoms with Gasteiger partial charge in [-0.25, -0.2) is 0 Å². The van der Waals surface area contributed by atoms with Gasteiger partial charge < -0.3 is 5.32 Å². The van der Waals surface area contributed by atoms with E-state index in [0.29, 0.717) is 22.6 Å². The Labute approximate surface area is 152 Å². The number of rotatable bonds is 4. The van der Waals surface area contributed by atoms with Crippen LogP contribution in [0.3, 0.4) is 0 Å². The van der Waals surface area contributed by atoms with Crippen molar-refractivity contribution < 1.29 is 9.72 Å². The average Bonchev–Trinajstić information content (AvgIpc) is 3.16. The summed E-state index contributed by atoms with van der Waals surface area (Å²) in [6.07, 6.45) is 1.51. The summed E-state index contributed by atoms with van der Waals surface area (Å²) in [6, 6.07) is 16.3. The first-order chi connectivity index (χ1) is 13.1. The lowest BCUT2D eigenvalue weighted by Gasteiger charge is -2.07. The highest BCUT2D eigenvalue weighted by atomic mass is 16.6. The summed E-state index contributed by atoms with van der Waals surface area (Å²) in [7, 11) is 0. The first-order valence-electron chi connectivity index (χ1n) is 7.93. The van der Waals surface area contributed by atoms with Gasteiger partial charge in [-0.1, -0.05) is 12.1 Å². The zero-order valence-corrected chi connectivity index (χ0v) is 13.8. The molecule has 2 aromatic carbocycles. The first kappa shape index (κ1) is 16.3. The van der Waals surface area contributed by atoms with E-state index in [2.05, 4.69) is 20.6 Å². The van der Waals surface area contributed by atoms with E-state index in [1.54, 1.807) is 28.8 Å². The Morgan fingerprint density at radius 2 is 1.89 bits per heavy atom. The second-order valence-corrected chi connectivity index (χ2v) is 5.69. The molecule has 2 aromatic heterocycles. The van der Waals surface area contributed by atoms with E-state index in [-0.39, 0.29) is 11.6 Å². The van der Waals surface area contributed by atoms with Gasteiger partial charge in [0.2, 0.25) is 0 Å². The van der Waals surface area contributed by atoms with E-state index in [0.717, 1.165) is 5.56 Å². The lowest BCUT2D eigenvalue weighted by Crippen LogP contribution is -2.11. The molecule has 0 aliphatic carbocycles. The van der Waals surface area contributed by atoms with E-state index in [4.69, 9.17) is 0 Å². The minimum atomic E-state index is -0.509. The SMILES string of the molecule is O=C(Nc1cccc(-c2ccc3nncn3n2)c1)c1ccc([N+](=O)[O-])cc1. The van der Waals surface area contributed by atoms with E-state index in [1.165, 1.54) is 30.6 Å². The van der Waals surface area contributed by atoms with Crippen LogP contribution in [-0.4, -0.2) is 30.6 Å². The molecular weight excluding hydrogens is 348 g/mol. The Bertz CT molecular complexity index is 1150. The Hall–Kier alpha value is -4.14. The molecule has 0 radical (unpaired) electrons. The molecule has 2 heterocycles. The van der Waals surface area contributed by atoms with Crippen LogP contribution in [0.4, 0.5) is 11.4 Å². The van der Waals surface area contributed by atoms with Crippen LogP contribution < -0.4 is 5.32 Å². The second kappa shape index (κ2) is 6.64. The minimum absolute atomic E-state index is 0.0657. The third-order valence-electron chi connectivity index (χ3n) is 3.92. The van der Waals surface area contributed by atoms with E-state index in [9.17, 15) is 14.9 Å². The zero-order chi connectivity index (χ0) is 18.8.